The molecule has 2 unspecified atom stereocenters. The van der Waals surface area contributed by atoms with Crippen molar-refractivity contribution < 1.29 is 0 Å². The van der Waals surface area contributed by atoms with E-state index in [2.05, 4.69) is 36.8 Å². The molecule has 17 heavy (non-hydrogen) atoms. The van der Waals surface area contributed by atoms with E-state index in [0.29, 0.717) is 10.8 Å². The van der Waals surface area contributed by atoms with Gasteiger partial charge in [-0.15, -0.1) is 0 Å². The fourth-order valence-electron chi connectivity index (χ4n) is 3.73. The summed E-state index contributed by atoms with van der Waals surface area (Å²) in [6, 6.07) is 2.04. The van der Waals surface area contributed by atoms with Gasteiger partial charge in [-0.25, -0.2) is 0 Å². The Morgan fingerprint density at radius 3 is 2.12 bits per heavy atom. The first-order valence-electron chi connectivity index (χ1n) is 7.20. The van der Waals surface area contributed by atoms with Crippen molar-refractivity contribution in [3.05, 3.63) is 0 Å². The van der Waals surface area contributed by atoms with Crippen molar-refractivity contribution in [2.75, 3.05) is 12.8 Å². The van der Waals surface area contributed by atoms with E-state index >= 15 is 0 Å². The molecule has 0 amide bonds. The van der Waals surface area contributed by atoms with Gasteiger partial charge in [0.05, 0.1) is 0 Å². The minimum Gasteiger partial charge on any atom is -0.328 e. The highest BCUT2D eigenvalue weighted by Gasteiger charge is 2.42. The third-order valence-electron chi connectivity index (χ3n) is 5.11. The number of fused-ring (bicyclic) bond motifs is 2. The number of hydrogen-bond acceptors (Lipinski definition) is 3. The van der Waals surface area contributed by atoms with E-state index in [0.717, 1.165) is 12.1 Å². The van der Waals surface area contributed by atoms with Crippen molar-refractivity contribution in [1.29, 1.82) is 0 Å². The number of nitrogens with two attached hydrogens (primary N) is 1. The highest BCUT2D eigenvalue weighted by atomic mass is 32.2. The average Bonchev–Trinajstić information content (AvgIpc) is 2.58. The summed E-state index contributed by atoms with van der Waals surface area (Å²) in [6.07, 6.45) is 10.1. The molecule has 0 spiro atoms. The summed E-state index contributed by atoms with van der Waals surface area (Å²) in [6.45, 7) is 5.97. The number of piperidine rings is 1. The van der Waals surface area contributed by atoms with Crippen LogP contribution in [0.25, 0.3) is 0 Å². The summed E-state index contributed by atoms with van der Waals surface area (Å²) in [5, 5.41) is 0. The first-order valence-corrected chi connectivity index (χ1v) is 8.43. The lowest BCUT2D eigenvalue weighted by Gasteiger charge is -2.43. The summed E-state index contributed by atoms with van der Waals surface area (Å²) >= 11 is 2.07. The van der Waals surface area contributed by atoms with Crippen molar-refractivity contribution in [2.45, 2.75) is 75.2 Å². The van der Waals surface area contributed by atoms with Crippen LogP contribution in [0.5, 0.6) is 0 Å². The molecule has 0 aromatic rings. The topological polar surface area (TPSA) is 29.3 Å². The molecule has 2 aliphatic rings. The molecule has 0 aliphatic carbocycles. The zero-order valence-electron chi connectivity index (χ0n) is 11.6. The van der Waals surface area contributed by atoms with Crippen LogP contribution in [-0.4, -0.2) is 40.6 Å². The highest BCUT2D eigenvalue weighted by Crippen LogP contribution is 2.40. The zero-order valence-corrected chi connectivity index (χ0v) is 12.4. The maximum absolute atomic E-state index is 6.15. The van der Waals surface area contributed by atoms with E-state index in [1.807, 2.05) is 0 Å². The molecule has 2 N–H and O–H groups in total. The van der Waals surface area contributed by atoms with Crippen LogP contribution in [0.3, 0.4) is 0 Å². The molecular formula is C14H28N2S. The summed E-state index contributed by atoms with van der Waals surface area (Å²) < 4.78 is 0.474. The summed E-state index contributed by atoms with van der Waals surface area (Å²) in [4.78, 5) is 2.80. The van der Waals surface area contributed by atoms with Gasteiger partial charge in [-0.1, -0.05) is 13.8 Å². The molecule has 2 saturated heterocycles. The molecule has 2 fully saturated rings. The number of nitrogens with zero attached hydrogens (tertiary/aromatic N) is 1. The predicted octanol–water partition coefficient (Wildman–Crippen LogP) is 2.86. The third-order valence-corrected chi connectivity index (χ3v) is 6.69. The molecular weight excluding hydrogens is 228 g/mol. The van der Waals surface area contributed by atoms with Crippen LogP contribution in [0.2, 0.25) is 0 Å². The molecule has 0 radical (unpaired) electrons. The van der Waals surface area contributed by atoms with E-state index in [-0.39, 0.29) is 0 Å². The monoisotopic (exact) mass is 256 g/mol. The van der Waals surface area contributed by atoms with Crippen molar-refractivity contribution in [3.8, 4) is 0 Å². The van der Waals surface area contributed by atoms with Crippen molar-refractivity contribution in [1.82, 2.24) is 4.90 Å². The van der Waals surface area contributed by atoms with Crippen molar-refractivity contribution in [2.24, 2.45) is 5.73 Å². The van der Waals surface area contributed by atoms with Gasteiger partial charge in [0.2, 0.25) is 0 Å². The fourth-order valence-corrected chi connectivity index (χ4v) is 4.59. The Morgan fingerprint density at radius 1 is 1.18 bits per heavy atom. The largest absolute Gasteiger partial charge is 0.328 e. The van der Waals surface area contributed by atoms with Crippen molar-refractivity contribution >= 4 is 11.8 Å². The second kappa shape index (κ2) is 5.50. The van der Waals surface area contributed by atoms with Gasteiger partial charge in [0, 0.05) is 29.4 Å². The van der Waals surface area contributed by atoms with Crippen LogP contribution in [0.1, 0.15) is 52.4 Å². The average molecular weight is 256 g/mol. The van der Waals surface area contributed by atoms with Crippen LogP contribution < -0.4 is 5.73 Å². The van der Waals surface area contributed by atoms with Gasteiger partial charge in [0.15, 0.2) is 0 Å². The van der Waals surface area contributed by atoms with Crippen LogP contribution in [0, 0.1) is 0 Å². The lowest BCUT2D eigenvalue weighted by Crippen LogP contribution is -2.52. The Hall–Kier alpha value is 0.270. The fraction of sp³-hybridized carbons (Fsp3) is 1.00. The van der Waals surface area contributed by atoms with E-state index in [9.17, 15) is 0 Å². The van der Waals surface area contributed by atoms with E-state index in [1.165, 1.54) is 45.1 Å². The zero-order chi connectivity index (χ0) is 12.5. The summed E-state index contributed by atoms with van der Waals surface area (Å²) in [5.41, 5.74) is 6.15. The van der Waals surface area contributed by atoms with Gasteiger partial charge in [0.25, 0.3) is 0 Å². The number of rotatable bonds is 5. The number of thioether (sulfide) groups is 1. The molecule has 2 aliphatic heterocycles. The lowest BCUT2D eigenvalue weighted by atomic mass is 9.94. The Balaban J connectivity index is 2.04. The van der Waals surface area contributed by atoms with Gasteiger partial charge in [-0.05, 0) is 44.8 Å². The third kappa shape index (κ3) is 2.66. The van der Waals surface area contributed by atoms with Crippen LogP contribution >= 0.6 is 11.8 Å². The smallest absolute Gasteiger partial charge is 0.0279 e. The minimum atomic E-state index is 0.468. The maximum Gasteiger partial charge on any atom is 0.0279 e. The molecule has 0 saturated carbocycles. The highest BCUT2D eigenvalue weighted by molar-refractivity contribution is 8.00. The van der Waals surface area contributed by atoms with Gasteiger partial charge in [-0.3, -0.25) is 4.90 Å². The molecule has 2 rings (SSSR count). The maximum atomic E-state index is 6.15. The first-order chi connectivity index (χ1) is 8.14. The van der Waals surface area contributed by atoms with Gasteiger partial charge < -0.3 is 5.73 Å². The molecule has 2 heterocycles. The van der Waals surface area contributed by atoms with Gasteiger partial charge >= 0.3 is 0 Å². The first kappa shape index (κ1) is 13.7. The molecule has 0 aromatic carbocycles. The van der Waals surface area contributed by atoms with Crippen LogP contribution in [0.15, 0.2) is 0 Å². The Bertz CT molecular complexity index is 230. The number of hydrogen-bond donors (Lipinski definition) is 1. The second-order valence-corrected chi connectivity index (χ2v) is 7.16. The van der Waals surface area contributed by atoms with Crippen LogP contribution in [0.4, 0.5) is 0 Å². The molecule has 2 bridgehead atoms. The lowest BCUT2D eigenvalue weighted by molar-refractivity contribution is 0.112. The summed E-state index contributed by atoms with van der Waals surface area (Å²) in [5.74, 6) is 0. The quantitative estimate of drug-likeness (QED) is 0.820. The minimum absolute atomic E-state index is 0.468. The van der Waals surface area contributed by atoms with Crippen molar-refractivity contribution in [3.63, 3.8) is 0 Å². The second-order valence-electron chi connectivity index (χ2n) is 5.88. The summed E-state index contributed by atoms with van der Waals surface area (Å²) in [7, 11) is 0. The molecule has 0 aromatic heterocycles. The molecule has 2 nitrogen and oxygen atoms in total. The van der Waals surface area contributed by atoms with E-state index in [4.69, 9.17) is 5.73 Å². The van der Waals surface area contributed by atoms with E-state index in [1.54, 1.807) is 0 Å². The molecule has 2 atom stereocenters. The van der Waals surface area contributed by atoms with E-state index < -0.39 is 0 Å². The Labute approximate surface area is 111 Å². The normalized spacial score (nSPS) is 34.2. The molecule has 100 valence electrons. The van der Waals surface area contributed by atoms with Crippen LogP contribution in [-0.2, 0) is 0 Å². The Morgan fingerprint density at radius 2 is 1.71 bits per heavy atom. The standard InChI is InChI=1S/C14H28N2S/c1-4-14(5-2,17-3)10-16-12-6-7-13(16)9-11(15)8-12/h11-13H,4-10,15H2,1-3H3. The van der Waals surface area contributed by atoms with Gasteiger partial charge in [0.1, 0.15) is 0 Å². The molecule has 3 heteroatoms. The SMILES string of the molecule is CCC(CC)(CN1C2CCC1CC(N)C2)SC. The Kier molecular flexibility index (Phi) is 4.43. The van der Waals surface area contributed by atoms with Gasteiger partial charge in [-0.2, -0.15) is 11.8 Å². The predicted molar refractivity (Wildman–Crippen MR) is 77.6 cm³/mol.